The number of nitrogens with zero attached hydrogens (tertiary/aromatic N) is 1. The summed E-state index contributed by atoms with van der Waals surface area (Å²) in [4.78, 5) is 17.3. The van der Waals surface area contributed by atoms with Gasteiger partial charge in [-0.2, -0.15) is 0 Å². The van der Waals surface area contributed by atoms with E-state index in [9.17, 15) is 9.90 Å². The van der Waals surface area contributed by atoms with Crippen LogP contribution in [0, 0.1) is 6.92 Å². The molecule has 0 unspecified atom stereocenters. The first-order chi connectivity index (χ1) is 12.0. The topological polar surface area (TPSA) is 70.9 Å². The highest BCUT2D eigenvalue weighted by molar-refractivity contribution is 8.18. The molecule has 1 heterocycles. The number of para-hydroxylation sites is 1. The molecule has 1 aliphatic heterocycles. The van der Waals surface area contributed by atoms with Gasteiger partial charge in [-0.15, -0.1) is 0 Å². The predicted molar refractivity (Wildman–Crippen MR) is 101 cm³/mol. The number of aryl methyl sites for hydroxylation is 1. The number of amides is 1. The second-order valence-electron chi connectivity index (χ2n) is 5.60. The van der Waals surface area contributed by atoms with Crippen LogP contribution in [0.2, 0.25) is 0 Å². The van der Waals surface area contributed by atoms with Gasteiger partial charge >= 0.3 is 0 Å². The number of aliphatic imine (C=N–C) groups is 1. The number of amidine groups is 1. The quantitative estimate of drug-likeness (QED) is 0.818. The van der Waals surface area contributed by atoms with Crippen LogP contribution >= 0.6 is 11.8 Å². The molecule has 25 heavy (non-hydrogen) atoms. The fourth-order valence-corrected chi connectivity index (χ4v) is 3.39. The van der Waals surface area contributed by atoms with E-state index in [0.717, 1.165) is 22.4 Å². The number of methoxy groups -OCH3 is 1. The van der Waals surface area contributed by atoms with Crippen LogP contribution in [0.25, 0.3) is 5.57 Å². The van der Waals surface area contributed by atoms with E-state index in [2.05, 4.69) is 10.3 Å². The smallest absolute Gasteiger partial charge is 0.264 e. The van der Waals surface area contributed by atoms with Gasteiger partial charge in [0.25, 0.3) is 5.91 Å². The van der Waals surface area contributed by atoms with E-state index in [-0.39, 0.29) is 11.7 Å². The van der Waals surface area contributed by atoms with Crippen LogP contribution < -0.4 is 10.1 Å². The zero-order valence-electron chi connectivity index (χ0n) is 14.2. The van der Waals surface area contributed by atoms with Gasteiger partial charge in [-0.25, -0.2) is 4.99 Å². The normalized spacial score (nSPS) is 17.6. The fourth-order valence-electron chi connectivity index (χ4n) is 2.50. The molecule has 0 spiro atoms. The minimum Gasteiger partial charge on any atom is -0.506 e. The fraction of sp³-hybridized carbons (Fsp3) is 0.158. The number of carbonyl (C=O) groups is 1. The Kier molecular flexibility index (Phi) is 4.81. The molecule has 0 bridgehead atoms. The van der Waals surface area contributed by atoms with Gasteiger partial charge in [-0.1, -0.05) is 24.3 Å². The molecule has 0 radical (unpaired) electrons. The first kappa shape index (κ1) is 17.1. The Balaban J connectivity index is 1.95. The molecular weight excluding hydrogens is 336 g/mol. The van der Waals surface area contributed by atoms with Crippen LogP contribution in [0.3, 0.4) is 0 Å². The SMILES string of the molecule is COc1cccc(/C(C)=C2\SC(=Nc3c(C)cccc3O)NC2=O)c1. The highest BCUT2D eigenvalue weighted by Crippen LogP contribution is 2.36. The van der Waals surface area contributed by atoms with Crippen molar-refractivity contribution in [3.63, 3.8) is 0 Å². The van der Waals surface area contributed by atoms with Gasteiger partial charge in [0.05, 0.1) is 12.0 Å². The molecule has 1 saturated heterocycles. The Morgan fingerprint density at radius 1 is 1.24 bits per heavy atom. The third kappa shape index (κ3) is 3.53. The molecule has 128 valence electrons. The van der Waals surface area contributed by atoms with Crippen LogP contribution in [-0.2, 0) is 4.79 Å². The van der Waals surface area contributed by atoms with Gasteiger partial charge in [-0.3, -0.25) is 4.79 Å². The number of carbonyl (C=O) groups excluding carboxylic acids is 1. The van der Waals surface area contributed by atoms with Crippen molar-refractivity contribution >= 4 is 34.1 Å². The Morgan fingerprint density at radius 2 is 2.00 bits per heavy atom. The van der Waals surface area contributed by atoms with E-state index in [0.29, 0.717) is 15.8 Å². The lowest BCUT2D eigenvalue weighted by Gasteiger charge is -2.06. The van der Waals surface area contributed by atoms with Crippen molar-refractivity contribution in [3.8, 4) is 11.5 Å². The number of nitrogens with one attached hydrogen (secondary N) is 1. The summed E-state index contributed by atoms with van der Waals surface area (Å²) in [7, 11) is 1.61. The lowest BCUT2D eigenvalue weighted by Crippen LogP contribution is -2.19. The summed E-state index contributed by atoms with van der Waals surface area (Å²) < 4.78 is 5.24. The zero-order valence-corrected chi connectivity index (χ0v) is 15.0. The largest absolute Gasteiger partial charge is 0.506 e. The van der Waals surface area contributed by atoms with E-state index in [1.54, 1.807) is 19.2 Å². The number of hydrogen-bond donors (Lipinski definition) is 2. The summed E-state index contributed by atoms with van der Waals surface area (Å²) >= 11 is 1.26. The molecule has 0 aromatic heterocycles. The standard InChI is InChI=1S/C19H18N2O3S/c1-11-6-4-9-15(22)16(11)20-19-21-18(23)17(25-19)12(2)13-7-5-8-14(10-13)24-3/h4-10,22H,1-3H3,(H,20,21,23)/b17-12-. The van der Waals surface area contributed by atoms with Crippen LogP contribution in [0.15, 0.2) is 52.4 Å². The zero-order chi connectivity index (χ0) is 18.0. The molecule has 5 nitrogen and oxygen atoms in total. The van der Waals surface area contributed by atoms with Crippen LogP contribution in [0.5, 0.6) is 11.5 Å². The average molecular weight is 354 g/mol. The molecule has 1 amide bonds. The molecule has 3 rings (SSSR count). The molecule has 0 aliphatic carbocycles. The molecule has 0 atom stereocenters. The molecule has 2 aromatic rings. The van der Waals surface area contributed by atoms with Crippen molar-refractivity contribution in [3.05, 3.63) is 58.5 Å². The molecule has 0 saturated carbocycles. The number of hydrogen-bond acceptors (Lipinski definition) is 5. The maximum atomic E-state index is 12.3. The predicted octanol–water partition coefficient (Wildman–Crippen LogP) is 3.99. The van der Waals surface area contributed by atoms with Gasteiger partial charge in [0.15, 0.2) is 5.17 Å². The number of benzene rings is 2. The summed E-state index contributed by atoms with van der Waals surface area (Å²) in [5.74, 6) is 0.626. The molecule has 6 heteroatoms. The molecule has 2 N–H and O–H groups in total. The maximum absolute atomic E-state index is 12.3. The first-order valence-corrected chi connectivity index (χ1v) is 8.53. The van der Waals surface area contributed by atoms with Gasteiger partial charge in [-0.05, 0) is 60.5 Å². The van der Waals surface area contributed by atoms with Gasteiger partial charge in [0.2, 0.25) is 0 Å². The minimum absolute atomic E-state index is 0.0873. The number of thioether (sulfide) groups is 1. The Morgan fingerprint density at radius 3 is 2.72 bits per heavy atom. The van der Waals surface area contributed by atoms with Crippen molar-refractivity contribution < 1.29 is 14.6 Å². The third-order valence-corrected chi connectivity index (χ3v) is 4.98. The summed E-state index contributed by atoms with van der Waals surface area (Å²) in [5, 5.41) is 13.2. The second kappa shape index (κ2) is 7.03. The second-order valence-corrected chi connectivity index (χ2v) is 6.60. The number of phenols is 1. The monoisotopic (exact) mass is 354 g/mol. The molecule has 1 fully saturated rings. The number of rotatable bonds is 3. The van der Waals surface area contributed by atoms with Crippen molar-refractivity contribution in [1.82, 2.24) is 5.32 Å². The third-order valence-electron chi connectivity index (χ3n) is 3.90. The molecule has 1 aliphatic rings. The van der Waals surface area contributed by atoms with Crippen LogP contribution in [0.4, 0.5) is 5.69 Å². The lowest BCUT2D eigenvalue weighted by atomic mass is 10.1. The van der Waals surface area contributed by atoms with Crippen molar-refractivity contribution in [2.45, 2.75) is 13.8 Å². The van der Waals surface area contributed by atoms with Crippen LogP contribution in [-0.4, -0.2) is 23.3 Å². The van der Waals surface area contributed by atoms with E-state index >= 15 is 0 Å². The minimum atomic E-state index is -0.197. The lowest BCUT2D eigenvalue weighted by molar-refractivity contribution is -0.115. The summed E-state index contributed by atoms with van der Waals surface area (Å²) in [6.45, 7) is 3.75. The molecular formula is C19H18N2O3S. The van der Waals surface area contributed by atoms with Gasteiger partial charge in [0, 0.05) is 0 Å². The van der Waals surface area contributed by atoms with Gasteiger partial charge in [0.1, 0.15) is 17.2 Å². The summed E-state index contributed by atoms with van der Waals surface area (Å²) in [5.41, 5.74) is 3.06. The summed E-state index contributed by atoms with van der Waals surface area (Å²) in [6, 6.07) is 12.8. The van der Waals surface area contributed by atoms with E-state index in [1.165, 1.54) is 11.8 Å². The number of ether oxygens (including phenoxy) is 1. The van der Waals surface area contributed by atoms with Gasteiger partial charge < -0.3 is 15.2 Å². The first-order valence-electron chi connectivity index (χ1n) is 7.71. The number of aromatic hydroxyl groups is 1. The Bertz CT molecular complexity index is 883. The Hall–Kier alpha value is -2.73. The van der Waals surface area contributed by atoms with Crippen molar-refractivity contribution in [1.29, 1.82) is 0 Å². The summed E-state index contributed by atoms with van der Waals surface area (Å²) in [6.07, 6.45) is 0. The number of allylic oxidation sites excluding steroid dienone is 1. The highest BCUT2D eigenvalue weighted by atomic mass is 32.2. The Labute approximate surface area is 150 Å². The highest BCUT2D eigenvalue weighted by Gasteiger charge is 2.27. The number of phenolic OH excluding ortho intramolecular Hbond substituents is 1. The average Bonchev–Trinajstić information content (AvgIpc) is 2.98. The van der Waals surface area contributed by atoms with E-state index < -0.39 is 0 Å². The maximum Gasteiger partial charge on any atom is 0.264 e. The van der Waals surface area contributed by atoms with E-state index in [4.69, 9.17) is 4.74 Å². The van der Waals surface area contributed by atoms with Crippen molar-refractivity contribution in [2.75, 3.05) is 7.11 Å². The van der Waals surface area contributed by atoms with E-state index in [1.807, 2.05) is 44.2 Å². The van der Waals surface area contributed by atoms with Crippen LogP contribution in [0.1, 0.15) is 18.1 Å². The van der Waals surface area contributed by atoms with Crippen molar-refractivity contribution in [2.24, 2.45) is 4.99 Å². The molecule has 2 aromatic carbocycles.